The molecule has 0 aromatic heterocycles. The molecule has 2 aromatic rings. The van der Waals surface area contributed by atoms with E-state index in [-0.39, 0.29) is 5.56 Å². The predicted molar refractivity (Wildman–Crippen MR) is 80.7 cm³/mol. The van der Waals surface area contributed by atoms with Crippen LogP contribution in [0.1, 0.15) is 15.9 Å². The molecule has 0 spiro atoms. The Bertz CT molecular complexity index is 667. The number of methoxy groups -OCH3 is 2. The van der Waals surface area contributed by atoms with E-state index >= 15 is 0 Å². The summed E-state index contributed by atoms with van der Waals surface area (Å²) in [7, 11) is 3.01. The lowest BCUT2D eigenvalue weighted by Crippen LogP contribution is -2.10. The molecule has 0 N–H and O–H groups in total. The number of hydrogen-bond donors (Lipinski definition) is 0. The van der Waals surface area contributed by atoms with Crippen LogP contribution < -0.4 is 14.2 Å². The average Bonchev–Trinajstić information content (AvgIpc) is 2.50. The van der Waals surface area contributed by atoms with Crippen molar-refractivity contribution in [1.82, 2.24) is 0 Å². The lowest BCUT2D eigenvalue weighted by atomic mass is 10.2. The van der Waals surface area contributed by atoms with E-state index in [2.05, 4.69) is 0 Å². The minimum Gasteiger partial charge on any atom is -0.497 e. The summed E-state index contributed by atoms with van der Waals surface area (Å²) in [6, 6.07) is 10.1. The van der Waals surface area contributed by atoms with Crippen molar-refractivity contribution in [3.63, 3.8) is 0 Å². The van der Waals surface area contributed by atoms with Crippen molar-refractivity contribution in [2.24, 2.45) is 0 Å². The summed E-state index contributed by atoms with van der Waals surface area (Å²) in [6.07, 6.45) is 0. The van der Waals surface area contributed by atoms with Crippen molar-refractivity contribution in [1.29, 1.82) is 0 Å². The summed E-state index contributed by atoms with van der Waals surface area (Å²) in [5, 5.41) is 0.371. The molecular weight excluding hydrogens is 292 g/mol. The van der Waals surface area contributed by atoms with Crippen molar-refractivity contribution in [2.75, 3.05) is 14.2 Å². The van der Waals surface area contributed by atoms with Gasteiger partial charge in [-0.3, -0.25) is 0 Å². The number of carbonyl (C=O) groups excluding carboxylic acids is 1. The summed E-state index contributed by atoms with van der Waals surface area (Å²) in [4.78, 5) is 12.3. The summed E-state index contributed by atoms with van der Waals surface area (Å²) in [5.41, 5.74) is 1.22. The summed E-state index contributed by atoms with van der Waals surface area (Å²) in [5.74, 6) is 0.701. The Morgan fingerprint density at radius 3 is 2.43 bits per heavy atom. The number of hydrogen-bond acceptors (Lipinski definition) is 4. The molecule has 110 valence electrons. The van der Waals surface area contributed by atoms with Crippen LogP contribution in [-0.2, 0) is 0 Å². The molecule has 0 unspecified atom stereocenters. The monoisotopic (exact) mass is 306 g/mol. The largest absolute Gasteiger partial charge is 0.497 e. The van der Waals surface area contributed by atoms with Gasteiger partial charge < -0.3 is 14.2 Å². The molecule has 21 heavy (non-hydrogen) atoms. The molecule has 0 aliphatic rings. The fourth-order valence-electron chi connectivity index (χ4n) is 1.82. The van der Waals surface area contributed by atoms with Gasteiger partial charge >= 0.3 is 5.97 Å². The van der Waals surface area contributed by atoms with Gasteiger partial charge in [0.15, 0.2) is 0 Å². The number of benzene rings is 2. The molecule has 0 saturated carbocycles. The van der Waals surface area contributed by atoms with Crippen molar-refractivity contribution in [3.8, 4) is 17.2 Å². The Labute approximate surface area is 128 Å². The second kappa shape index (κ2) is 6.50. The van der Waals surface area contributed by atoms with Crippen LogP contribution in [0.2, 0.25) is 5.02 Å². The fraction of sp³-hybridized carbons (Fsp3) is 0.188. The van der Waals surface area contributed by atoms with E-state index in [1.54, 1.807) is 30.3 Å². The molecule has 0 amide bonds. The molecule has 0 saturated heterocycles. The topological polar surface area (TPSA) is 44.8 Å². The Hall–Kier alpha value is -2.20. The van der Waals surface area contributed by atoms with Crippen LogP contribution in [0.25, 0.3) is 0 Å². The standard InChI is InChI=1S/C16H15ClO4/c1-10-4-6-13(17)15(8-10)21-16(18)12-9-11(19-2)5-7-14(12)20-3/h4-9H,1-3H3. The first-order valence-corrected chi connectivity index (χ1v) is 6.63. The highest BCUT2D eigenvalue weighted by atomic mass is 35.5. The zero-order valence-electron chi connectivity index (χ0n) is 12.0. The van der Waals surface area contributed by atoms with Gasteiger partial charge in [0.25, 0.3) is 0 Å². The van der Waals surface area contributed by atoms with Crippen LogP contribution in [0, 0.1) is 6.92 Å². The molecule has 0 radical (unpaired) electrons. The molecule has 4 nitrogen and oxygen atoms in total. The van der Waals surface area contributed by atoms with Gasteiger partial charge in [-0.25, -0.2) is 4.79 Å². The first-order chi connectivity index (χ1) is 10.0. The first kappa shape index (κ1) is 15.2. The van der Waals surface area contributed by atoms with E-state index in [9.17, 15) is 4.79 Å². The highest BCUT2D eigenvalue weighted by Crippen LogP contribution is 2.29. The normalized spacial score (nSPS) is 10.1. The van der Waals surface area contributed by atoms with Crippen LogP contribution in [-0.4, -0.2) is 20.2 Å². The molecule has 2 aromatic carbocycles. The summed E-state index contributed by atoms with van der Waals surface area (Å²) < 4.78 is 15.6. The third-order valence-electron chi connectivity index (χ3n) is 2.92. The lowest BCUT2D eigenvalue weighted by molar-refractivity contribution is 0.0731. The number of aryl methyl sites for hydroxylation is 1. The van der Waals surface area contributed by atoms with Crippen LogP contribution in [0.15, 0.2) is 36.4 Å². The SMILES string of the molecule is COc1ccc(OC)c(C(=O)Oc2cc(C)ccc2Cl)c1. The molecule has 0 heterocycles. The number of esters is 1. The third-order valence-corrected chi connectivity index (χ3v) is 3.23. The van der Waals surface area contributed by atoms with E-state index in [1.807, 2.05) is 13.0 Å². The zero-order chi connectivity index (χ0) is 15.4. The smallest absolute Gasteiger partial charge is 0.347 e. The maximum Gasteiger partial charge on any atom is 0.347 e. The predicted octanol–water partition coefficient (Wildman–Crippen LogP) is 3.88. The minimum atomic E-state index is -0.557. The second-order valence-electron chi connectivity index (χ2n) is 4.39. The van der Waals surface area contributed by atoms with Gasteiger partial charge in [0.1, 0.15) is 22.8 Å². The molecule has 5 heteroatoms. The van der Waals surface area contributed by atoms with Gasteiger partial charge in [-0.15, -0.1) is 0 Å². The van der Waals surface area contributed by atoms with Crippen LogP contribution in [0.5, 0.6) is 17.2 Å². The van der Waals surface area contributed by atoms with Crippen LogP contribution in [0.4, 0.5) is 0 Å². The fourth-order valence-corrected chi connectivity index (χ4v) is 1.97. The van der Waals surface area contributed by atoms with Gasteiger partial charge in [0.2, 0.25) is 0 Å². The Morgan fingerprint density at radius 2 is 1.76 bits per heavy atom. The van der Waals surface area contributed by atoms with E-state index in [0.29, 0.717) is 22.3 Å². The van der Waals surface area contributed by atoms with E-state index in [0.717, 1.165) is 5.56 Å². The molecular formula is C16H15ClO4. The van der Waals surface area contributed by atoms with Crippen molar-refractivity contribution in [3.05, 3.63) is 52.5 Å². The number of halogens is 1. The lowest BCUT2D eigenvalue weighted by Gasteiger charge is -2.11. The molecule has 0 aliphatic heterocycles. The van der Waals surface area contributed by atoms with Gasteiger partial charge in [-0.05, 0) is 42.8 Å². The Morgan fingerprint density at radius 1 is 1.00 bits per heavy atom. The molecule has 0 atom stereocenters. The maximum absolute atomic E-state index is 12.3. The number of ether oxygens (including phenoxy) is 3. The van der Waals surface area contributed by atoms with Crippen LogP contribution >= 0.6 is 11.6 Å². The first-order valence-electron chi connectivity index (χ1n) is 6.25. The molecule has 0 bridgehead atoms. The van der Waals surface area contributed by atoms with Gasteiger partial charge in [0, 0.05) is 0 Å². The van der Waals surface area contributed by atoms with E-state index in [1.165, 1.54) is 14.2 Å². The van der Waals surface area contributed by atoms with Crippen molar-refractivity contribution >= 4 is 17.6 Å². The Kier molecular flexibility index (Phi) is 4.70. The maximum atomic E-state index is 12.3. The molecule has 2 rings (SSSR count). The minimum absolute atomic E-state index is 0.273. The van der Waals surface area contributed by atoms with Crippen molar-refractivity contribution in [2.45, 2.75) is 6.92 Å². The highest BCUT2D eigenvalue weighted by molar-refractivity contribution is 6.32. The van der Waals surface area contributed by atoms with Crippen LogP contribution in [0.3, 0.4) is 0 Å². The molecule has 0 fully saturated rings. The van der Waals surface area contributed by atoms with Gasteiger partial charge in [0.05, 0.1) is 19.2 Å². The summed E-state index contributed by atoms with van der Waals surface area (Å²) in [6.45, 7) is 1.89. The quantitative estimate of drug-likeness (QED) is 0.635. The Balaban J connectivity index is 2.33. The second-order valence-corrected chi connectivity index (χ2v) is 4.80. The highest BCUT2D eigenvalue weighted by Gasteiger charge is 2.17. The van der Waals surface area contributed by atoms with Gasteiger partial charge in [-0.2, -0.15) is 0 Å². The third kappa shape index (κ3) is 3.47. The van der Waals surface area contributed by atoms with E-state index < -0.39 is 5.97 Å². The van der Waals surface area contributed by atoms with E-state index in [4.69, 9.17) is 25.8 Å². The number of rotatable bonds is 4. The number of carbonyl (C=O) groups is 1. The van der Waals surface area contributed by atoms with Crippen molar-refractivity contribution < 1.29 is 19.0 Å². The molecule has 0 aliphatic carbocycles. The zero-order valence-corrected chi connectivity index (χ0v) is 12.7. The summed E-state index contributed by atoms with van der Waals surface area (Å²) >= 11 is 6.03. The van der Waals surface area contributed by atoms with Gasteiger partial charge in [-0.1, -0.05) is 17.7 Å². The average molecular weight is 307 g/mol.